The zero-order chi connectivity index (χ0) is 17.1. The molecule has 3 heterocycles. The monoisotopic (exact) mass is 350 g/mol. The first-order valence-electron chi connectivity index (χ1n) is 8.34. The largest absolute Gasteiger partial charge is 0.342 e. The number of hydrogen-bond acceptors (Lipinski definition) is 5. The van der Waals surface area contributed by atoms with Gasteiger partial charge in [0.15, 0.2) is 0 Å². The van der Waals surface area contributed by atoms with Crippen molar-refractivity contribution in [3.8, 4) is 0 Å². The van der Waals surface area contributed by atoms with Gasteiger partial charge in [0.25, 0.3) is 5.91 Å². The highest BCUT2D eigenvalue weighted by Gasteiger charge is 2.36. The molecule has 3 amide bonds. The third-order valence-electron chi connectivity index (χ3n) is 4.69. The third kappa shape index (κ3) is 3.43. The molecule has 0 N–H and O–H groups in total. The molecule has 1 atom stereocenters. The Bertz CT molecular complexity index is 619. The van der Waals surface area contributed by atoms with E-state index in [9.17, 15) is 14.4 Å². The number of amides is 3. The van der Waals surface area contributed by atoms with Crippen molar-refractivity contribution in [1.29, 1.82) is 0 Å². The fraction of sp³-hybridized carbons (Fsp3) is 0.625. The van der Waals surface area contributed by atoms with Crippen molar-refractivity contribution < 1.29 is 14.4 Å². The maximum absolute atomic E-state index is 12.7. The lowest BCUT2D eigenvalue weighted by atomic mass is 10.1. The van der Waals surface area contributed by atoms with E-state index in [0.717, 1.165) is 6.42 Å². The molecule has 8 heteroatoms. The van der Waals surface area contributed by atoms with Crippen molar-refractivity contribution in [2.75, 3.05) is 39.3 Å². The molecule has 1 aromatic rings. The molecule has 3 rings (SSSR count). The SMILES string of the molecule is CCN1CC(C(=O)N2CCCN(C(=O)c3cscn3)CC2)CC1=O. The first kappa shape index (κ1) is 16.9. The van der Waals surface area contributed by atoms with Gasteiger partial charge >= 0.3 is 0 Å². The lowest BCUT2D eigenvalue weighted by molar-refractivity contribution is -0.135. The topological polar surface area (TPSA) is 73.8 Å². The number of carbonyl (C=O) groups excluding carboxylic acids is 3. The maximum atomic E-state index is 12.7. The summed E-state index contributed by atoms with van der Waals surface area (Å²) in [6.45, 7) is 5.40. The molecular weight excluding hydrogens is 328 g/mol. The molecule has 0 spiro atoms. The van der Waals surface area contributed by atoms with E-state index in [1.54, 1.807) is 20.7 Å². The van der Waals surface area contributed by atoms with Gasteiger partial charge in [0.2, 0.25) is 11.8 Å². The van der Waals surface area contributed by atoms with Gasteiger partial charge in [0.05, 0.1) is 11.4 Å². The minimum Gasteiger partial charge on any atom is -0.342 e. The van der Waals surface area contributed by atoms with E-state index < -0.39 is 0 Å². The summed E-state index contributed by atoms with van der Waals surface area (Å²) < 4.78 is 0. The Balaban J connectivity index is 1.58. The molecular formula is C16H22N4O3S. The summed E-state index contributed by atoms with van der Waals surface area (Å²) >= 11 is 1.40. The predicted molar refractivity (Wildman–Crippen MR) is 89.6 cm³/mol. The van der Waals surface area contributed by atoms with Gasteiger partial charge in [0, 0.05) is 51.1 Å². The number of rotatable bonds is 3. The summed E-state index contributed by atoms with van der Waals surface area (Å²) in [6.07, 6.45) is 1.06. The lowest BCUT2D eigenvalue weighted by Crippen LogP contribution is -2.40. The van der Waals surface area contributed by atoms with E-state index in [2.05, 4.69) is 4.98 Å². The number of hydrogen-bond donors (Lipinski definition) is 0. The van der Waals surface area contributed by atoms with Crippen LogP contribution in [0.3, 0.4) is 0 Å². The smallest absolute Gasteiger partial charge is 0.273 e. The van der Waals surface area contributed by atoms with Crippen LogP contribution in [0.4, 0.5) is 0 Å². The normalized spacial score (nSPS) is 22.0. The molecule has 2 aliphatic rings. The van der Waals surface area contributed by atoms with Crippen molar-refractivity contribution in [3.05, 3.63) is 16.6 Å². The second-order valence-electron chi connectivity index (χ2n) is 6.18. The second-order valence-corrected chi connectivity index (χ2v) is 6.90. The molecule has 2 saturated heterocycles. The first-order valence-corrected chi connectivity index (χ1v) is 9.28. The minimum atomic E-state index is -0.238. The molecule has 1 aromatic heterocycles. The summed E-state index contributed by atoms with van der Waals surface area (Å²) in [7, 11) is 0. The van der Waals surface area contributed by atoms with Crippen LogP contribution in [0.2, 0.25) is 0 Å². The van der Waals surface area contributed by atoms with Crippen molar-refractivity contribution >= 4 is 29.1 Å². The van der Waals surface area contributed by atoms with Gasteiger partial charge in [-0.3, -0.25) is 14.4 Å². The highest BCUT2D eigenvalue weighted by molar-refractivity contribution is 7.07. The number of nitrogens with zero attached hydrogens (tertiary/aromatic N) is 4. The minimum absolute atomic E-state index is 0.0438. The van der Waals surface area contributed by atoms with Crippen LogP contribution in [-0.4, -0.2) is 76.7 Å². The van der Waals surface area contributed by atoms with Gasteiger partial charge in [-0.25, -0.2) is 4.98 Å². The van der Waals surface area contributed by atoms with Crippen LogP contribution < -0.4 is 0 Å². The molecule has 2 aliphatic heterocycles. The van der Waals surface area contributed by atoms with Crippen LogP contribution in [0.25, 0.3) is 0 Å². The summed E-state index contributed by atoms with van der Waals surface area (Å²) in [4.78, 5) is 46.3. The number of aromatic nitrogens is 1. The summed E-state index contributed by atoms with van der Waals surface area (Å²) in [5.41, 5.74) is 2.12. The van der Waals surface area contributed by atoms with Gasteiger partial charge in [-0.05, 0) is 13.3 Å². The van der Waals surface area contributed by atoms with Gasteiger partial charge in [-0.1, -0.05) is 0 Å². The fourth-order valence-corrected chi connectivity index (χ4v) is 3.85. The van der Waals surface area contributed by atoms with Crippen LogP contribution in [0.5, 0.6) is 0 Å². The zero-order valence-corrected chi connectivity index (χ0v) is 14.6. The van der Waals surface area contributed by atoms with Gasteiger partial charge in [-0.15, -0.1) is 11.3 Å². The lowest BCUT2D eigenvalue weighted by Gasteiger charge is -2.24. The molecule has 0 saturated carbocycles. The second kappa shape index (κ2) is 7.29. The Morgan fingerprint density at radius 1 is 1.25 bits per heavy atom. The Hall–Kier alpha value is -1.96. The molecule has 130 valence electrons. The Morgan fingerprint density at radius 2 is 2.00 bits per heavy atom. The van der Waals surface area contributed by atoms with Gasteiger partial charge in [0.1, 0.15) is 5.69 Å². The van der Waals surface area contributed by atoms with E-state index in [1.165, 1.54) is 11.3 Å². The van der Waals surface area contributed by atoms with Crippen molar-refractivity contribution in [1.82, 2.24) is 19.7 Å². The van der Waals surface area contributed by atoms with Crippen LogP contribution in [0, 0.1) is 5.92 Å². The first-order chi connectivity index (χ1) is 11.6. The molecule has 24 heavy (non-hydrogen) atoms. The molecule has 0 aromatic carbocycles. The number of thiazole rings is 1. The Kier molecular flexibility index (Phi) is 5.13. The Labute approximate surface area is 145 Å². The van der Waals surface area contributed by atoms with Crippen LogP contribution in [0.1, 0.15) is 30.3 Å². The van der Waals surface area contributed by atoms with Crippen LogP contribution in [0.15, 0.2) is 10.9 Å². The van der Waals surface area contributed by atoms with Crippen molar-refractivity contribution in [3.63, 3.8) is 0 Å². The molecule has 0 bridgehead atoms. The fourth-order valence-electron chi connectivity index (χ4n) is 3.32. The quantitative estimate of drug-likeness (QED) is 0.804. The number of likely N-dealkylation sites (tertiary alicyclic amines) is 1. The highest BCUT2D eigenvalue weighted by atomic mass is 32.1. The molecule has 0 aliphatic carbocycles. The maximum Gasteiger partial charge on any atom is 0.273 e. The van der Waals surface area contributed by atoms with E-state index in [4.69, 9.17) is 0 Å². The van der Waals surface area contributed by atoms with Gasteiger partial charge in [-0.2, -0.15) is 0 Å². The average Bonchev–Trinajstić information content (AvgIpc) is 3.17. The molecule has 7 nitrogen and oxygen atoms in total. The van der Waals surface area contributed by atoms with E-state index in [-0.39, 0.29) is 23.6 Å². The van der Waals surface area contributed by atoms with Crippen molar-refractivity contribution in [2.45, 2.75) is 19.8 Å². The summed E-state index contributed by atoms with van der Waals surface area (Å²) in [5, 5.41) is 1.75. The summed E-state index contributed by atoms with van der Waals surface area (Å²) in [5.74, 6) is -0.203. The highest BCUT2D eigenvalue weighted by Crippen LogP contribution is 2.21. The third-order valence-corrected chi connectivity index (χ3v) is 5.28. The van der Waals surface area contributed by atoms with E-state index in [0.29, 0.717) is 51.4 Å². The van der Waals surface area contributed by atoms with Crippen molar-refractivity contribution in [2.24, 2.45) is 5.92 Å². The molecule has 0 radical (unpaired) electrons. The zero-order valence-electron chi connectivity index (χ0n) is 13.8. The van der Waals surface area contributed by atoms with Crippen LogP contribution >= 0.6 is 11.3 Å². The predicted octanol–water partition coefficient (Wildman–Crippen LogP) is 0.686. The average molecular weight is 350 g/mol. The van der Waals surface area contributed by atoms with E-state index >= 15 is 0 Å². The molecule has 1 unspecified atom stereocenters. The standard InChI is InChI=1S/C16H22N4O3S/c1-2-18-9-12(8-14(18)21)15(22)19-4-3-5-20(7-6-19)16(23)13-10-24-11-17-13/h10-12H,2-9H2,1H3. The van der Waals surface area contributed by atoms with Gasteiger partial charge < -0.3 is 14.7 Å². The Morgan fingerprint density at radius 3 is 2.67 bits per heavy atom. The summed E-state index contributed by atoms with van der Waals surface area (Å²) in [6, 6.07) is 0. The van der Waals surface area contributed by atoms with Crippen LogP contribution in [-0.2, 0) is 9.59 Å². The molecule has 2 fully saturated rings. The van der Waals surface area contributed by atoms with E-state index in [1.807, 2.05) is 11.8 Å². The number of carbonyl (C=O) groups is 3.